The summed E-state index contributed by atoms with van der Waals surface area (Å²) in [6.07, 6.45) is 0. The number of nitrogens with one attached hydrogen (secondary N) is 1. The van der Waals surface area contributed by atoms with E-state index in [2.05, 4.69) is 15.3 Å². The van der Waals surface area contributed by atoms with Crippen LogP contribution in [0.5, 0.6) is 5.75 Å². The fourth-order valence-electron chi connectivity index (χ4n) is 2.00. The molecule has 0 spiro atoms. The summed E-state index contributed by atoms with van der Waals surface area (Å²) in [5.74, 6) is 3.79. The van der Waals surface area contributed by atoms with Gasteiger partial charge in [-0.2, -0.15) is 11.8 Å². The van der Waals surface area contributed by atoms with Crippen LogP contribution in [0.2, 0.25) is 0 Å². The molecule has 0 saturated heterocycles. The lowest BCUT2D eigenvalue weighted by molar-refractivity contribution is 0.475. The maximum atomic E-state index is 9.30. The number of phenolic OH excluding ortho intramolecular Hbond substituents is 1. The summed E-state index contributed by atoms with van der Waals surface area (Å²) in [5.41, 5.74) is 3.25. The number of anilines is 1. The van der Waals surface area contributed by atoms with E-state index in [0.29, 0.717) is 5.82 Å². The number of thioether (sulfide) groups is 1. The zero-order valence-electron chi connectivity index (χ0n) is 9.97. The molecule has 2 N–H and O–H groups in total. The molecule has 0 bridgehead atoms. The van der Waals surface area contributed by atoms with Crippen molar-refractivity contribution in [2.45, 2.75) is 11.5 Å². The van der Waals surface area contributed by atoms with E-state index in [1.807, 2.05) is 30.9 Å². The second-order valence-electron chi connectivity index (χ2n) is 4.11. The van der Waals surface area contributed by atoms with Crippen LogP contribution in [0.25, 0.3) is 11.4 Å². The van der Waals surface area contributed by atoms with Gasteiger partial charge in [-0.05, 0) is 24.3 Å². The summed E-state index contributed by atoms with van der Waals surface area (Å²) in [7, 11) is 1.88. The normalized spacial score (nSPS) is 13.4. The Bertz CT molecular complexity index is 584. The van der Waals surface area contributed by atoms with Crippen LogP contribution in [0.1, 0.15) is 11.3 Å². The van der Waals surface area contributed by atoms with Gasteiger partial charge in [0.1, 0.15) is 11.6 Å². The summed E-state index contributed by atoms with van der Waals surface area (Å²) in [5, 5.41) is 12.4. The van der Waals surface area contributed by atoms with Gasteiger partial charge in [-0.25, -0.2) is 9.97 Å². The second-order valence-corrected chi connectivity index (χ2v) is 5.10. The first-order valence-electron chi connectivity index (χ1n) is 5.72. The zero-order valence-corrected chi connectivity index (χ0v) is 10.8. The predicted molar refractivity (Wildman–Crippen MR) is 73.7 cm³/mol. The van der Waals surface area contributed by atoms with Crippen LogP contribution in [-0.4, -0.2) is 22.1 Å². The van der Waals surface area contributed by atoms with Gasteiger partial charge in [-0.3, -0.25) is 0 Å². The van der Waals surface area contributed by atoms with E-state index in [1.54, 1.807) is 12.1 Å². The average Bonchev–Trinajstić information content (AvgIpc) is 2.86. The standard InChI is InChI=1S/C13H13N3OS/c1-14-13-10-6-18-7-11(10)15-12(16-13)8-2-4-9(17)5-3-8/h2-5,17H,6-7H2,1H3,(H,14,15,16). The molecule has 2 aromatic rings. The van der Waals surface area contributed by atoms with Crippen molar-refractivity contribution in [3.63, 3.8) is 0 Å². The van der Waals surface area contributed by atoms with Gasteiger partial charge >= 0.3 is 0 Å². The highest BCUT2D eigenvalue weighted by molar-refractivity contribution is 7.98. The lowest BCUT2D eigenvalue weighted by Crippen LogP contribution is -2.03. The van der Waals surface area contributed by atoms with Gasteiger partial charge in [0.2, 0.25) is 0 Å². The van der Waals surface area contributed by atoms with Gasteiger partial charge in [-0.15, -0.1) is 0 Å². The van der Waals surface area contributed by atoms with Crippen LogP contribution in [0.15, 0.2) is 24.3 Å². The third kappa shape index (κ3) is 1.90. The molecule has 0 radical (unpaired) electrons. The summed E-state index contributed by atoms with van der Waals surface area (Å²) < 4.78 is 0. The average molecular weight is 259 g/mol. The van der Waals surface area contributed by atoms with E-state index in [-0.39, 0.29) is 5.75 Å². The van der Waals surface area contributed by atoms with Crippen LogP contribution >= 0.6 is 11.8 Å². The second kappa shape index (κ2) is 4.49. The molecule has 0 saturated carbocycles. The topological polar surface area (TPSA) is 58.0 Å². The highest BCUT2D eigenvalue weighted by atomic mass is 32.2. The fourth-order valence-corrected chi connectivity index (χ4v) is 3.04. The number of aromatic nitrogens is 2. The van der Waals surface area contributed by atoms with Crippen molar-refractivity contribution in [1.82, 2.24) is 9.97 Å². The molecule has 1 aliphatic heterocycles. The van der Waals surface area contributed by atoms with Crippen LogP contribution < -0.4 is 5.32 Å². The molecule has 5 heteroatoms. The summed E-state index contributed by atoms with van der Waals surface area (Å²) in [4.78, 5) is 9.15. The number of benzene rings is 1. The van der Waals surface area contributed by atoms with Crippen molar-refractivity contribution in [3.05, 3.63) is 35.5 Å². The molecule has 0 aliphatic carbocycles. The minimum atomic E-state index is 0.254. The molecule has 1 aromatic heterocycles. The molecule has 0 unspecified atom stereocenters. The quantitative estimate of drug-likeness (QED) is 0.868. The van der Waals surface area contributed by atoms with E-state index >= 15 is 0 Å². The maximum absolute atomic E-state index is 9.30. The zero-order chi connectivity index (χ0) is 12.5. The number of phenols is 1. The molecular weight excluding hydrogens is 246 g/mol. The van der Waals surface area contributed by atoms with Gasteiger partial charge in [-0.1, -0.05) is 0 Å². The Balaban J connectivity index is 2.10. The summed E-state index contributed by atoms with van der Waals surface area (Å²) in [6.45, 7) is 0. The monoisotopic (exact) mass is 259 g/mol. The van der Waals surface area contributed by atoms with E-state index in [4.69, 9.17) is 0 Å². The Morgan fingerprint density at radius 1 is 1.17 bits per heavy atom. The van der Waals surface area contributed by atoms with Crippen molar-refractivity contribution in [2.75, 3.05) is 12.4 Å². The van der Waals surface area contributed by atoms with E-state index in [1.165, 1.54) is 5.56 Å². The van der Waals surface area contributed by atoms with Crippen LogP contribution in [0.3, 0.4) is 0 Å². The molecule has 3 rings (SSSR count). The van der Waals surface area contributed by atoms with E-state index in [9.17, 15) is 5.11 Å². The Kier molecular flexibility index (Phi) is 2.83. The fraction of sp³-hybridized carbons (Fsp3) is 0.231. The largest absolute Gasteiger partial charge is 0.508 e. The third-order valence-electron chi connectivity index (χ3n) is 2.94. The Labute approximate surface area is 109 Å². The summed E-state index contributed by atoms with van der Waals surface area (Å²) in [6, 6.07) is 6.97. The molecule has 0 atom stereocenters. The number of nitrogens with zero attached hydrogens (tertiary/aromatic N) is 2. The number of fused-ring (bicyclic) bond motifs is 1. The van der Waals surface area contributed by atoms with Crippen molar-refractivity contribution >= 4 is 17.6 Å². The van der Waals surface area contributed by atoms with Crippen molar-refractivity contribution in [3.8, 4) is 17.1 Å². The molecule has 2 heterocycles. The number of rotatable bonds is 2. The first kappa shape index (κ1) is 11.3. The minimum absolute atomic E-state index is 0.254. The molecule has 18 heavy (non-hydrogen) atoms. The van der Waals surface area contributed by atoms with E-state index < -0.39 is 0 Å². The predicted octanol–water partition coefficient (Wildman–Crippen LogP) is 2.64. The maximum Gasteiger partial charge on any atom is 0.161 e. The van der Waals surface area contributed by atoms with Gasteiger partial charge in [0.15, 0.2) is 5.82 Å². The highest BCUT2D eigenvalue weighted by Gasteiger charge is 2.19. The van der Waals surface area contributed by atoms with Gasteiger partial charge in [0.05, 0.1) is 5.69 Å². The van der Waals surface area contributed by atoms with Crippen molar-refractivity contribution < 1.29 is 5.11 Å². The molecule has 1 aromatic carbocycles. The molecule has 0 fully saturated rings. The minimum Gasteiger partial charge on any atom is -0.508 e. The summed E-state index contributed by atoms with van der Waals surface area (Å²) >= 11 is 1.86. The third-order valence-corrected chi connectivity index (χ3v) is 3.91. The molecule has 0 amide bonds. The lowest BCUT2D eigenvalue weighted by atomic mass is 10.2. The van der Waals surface area contributed by atoms with Gasteiger partial charge in [0.25, 0.3) is 0 Å². The molecular formula is C13H13N3OS. The number of hydrogen-bond donors (Lipinski definition) is 2. The van der Waals surface area contributed by atoms with Gasteiger partial charge < -0.3 is 10.4 Å². The molecule has 92 valence electrons. The van der Waals surface area contributed by atoms with Crippen LogP contribution in [0.4, 0.5) is 5.82 Å². The lowest BCUT2D eigenvalue weighted by Gasteiger charge is -2.09. The smallest absolute Gasteiger partial charge is 0.161 e. The Hall–Kier alpha value is -1.75. The first-order chi connectivity index (χ1) is 8.78. The van der Waals surface area contributed by atoms with Crippen molar-refractivity contribution in [2.24, 2.45) is 0 Å². The van der Waals surface area contributed by atoms with Crippen LogP contribution in [-0.2, 0) is 11.5 Å². The molecule has 4 nitrogen and oxygen atoms in total. The van der Waals surface area contributed by atoms with Crippen LogP contribution in [0, 0.1) is 0 Å². The van der Waals surface area contributed by atoms with Crippen molar-refractivity contribution in [1.29, 1.82) is 0 Å². The number of aromatic hydroxyl groups is 1. The SMILES string of the molecule is CNc1nc(-c2ccc(O)cc2)nc2c1CSC2. The molecule has 1 aliphatic rings. The highest BCUT2D eigenvalue weighted by Crippen LogP contribution is 2.34. The number of hydrogen-bond acceptors (Lipinski definition) is 5. The first-order valence-corrected chi connectivity index (χ1v) is 6.88. The van der Waals surface area contributed by atoms with Gasteiger partial charge in [0, 0.05) is 29.7 Å². The Morgan fingerprint density at radius 3 is 2.67 bits per heavy atom. The van der Waals surface area contributed by atoms with E-state index in [0.717, 1.165) is 28.6 Å². The Morgan fingerprint density at radius 2 is 1.94 bits per heavy atom.